The Hall–Kier alpha value is -2.55. The zero-order chi connectivity index (χ0) is 19.3. The standard InChI is InChI=1S/C25H28BN2/c1-18-21-13-7-6-12-20(21)17-26(28(18)3)25-16-23(19-10-4-5-11-19)22-14-8-9-15-24(22)27(25)2/h6-9,12-17,19H,4-5,10-11H2,1-3H3/q+1. The monoisotopic (exact) mass is 367 g/mol. The van der Waals surface area contributed by atoms with Gasteiger partial charge in [0, 0.05) is 23.2 Å². The molecule has 0 unspecified atom stereocenters. The Morgan fingerprint density at radius 1 is 1.00 bits per heavy atom. The maximum atomic E-state index is 2.51. The van der Waals surface area contributed by atoms with Crippen molar-refractivity contribution in [2.75, 3.05) is 7.05 Å². The highest BCUT2D eigenvalue weighted by molar-refractivity contribution is 6.82. The van der Waals surface area contributed by atoms with Gasteiger partial charge in [-0.25, -0.2) is 4.57 Å². The van der Waals surface area contributed by atoms with Crippen LogP contribution in [0.1, 0.15) is 44.1 Å². The lowest BCUT2D eigenvalue weighted by atomic mass is 9.54. The van der Waals surface area contributed by atoms with Gasteiger partial charge < -0.3 is 4.81 Å². The average molecular weight is 367 g/mol. The van der Waals surface area contributed by atoms with Crippen LogP contribution in [0.5, 0.6) is 0 Å². The van der Waals surface area contributed by atoms with Gasteiger partial charge in [0.05, 0.1) is 0 Å². The lowest BCUT2D eigenvalue weighted by Gasteiger charge is -2.28. The molecular formula is C25H28BN2+. The van der Waals surface area contributed by atoms with Crippen LogP contribution >= 0.6 is 0 Å². The van der Waals surface area contributed by atoms with Gasteiger partial charge in [0.25, 0.3) is 0 Å². The average Bonchev–Trinajstić information content (AvgIpc) is 3.26. The lowest BCUT2D eigenvalue weighted by molar-refractivity contribution is -0.627. The van der Waals surface area contributed by atoms with Gasteiger partial charge in [-0.05, 0) is 54.8 Å². The molecule has 2 aliphatic rings. The molecule has 1 aromatic heterocycles. The Balaban J connectivity index is 1.76. The number of aromatic nitrogens is 1. The van der Waals surface area contributed by atoms with Crippen molar-refractivity contribution in [2.45, 2.75) is 38.5 Å². The van der Waals surface area contributed by atoms with Gasteiger partial charge in [-0.1, -0.05) is 55.2 Å². The van der Waals surface area contributed by atoms with Gasteiger partial charge in [-0.3, -0.25) is 0 Å². The van der Waals surface area contributed by atoms with Crippen LogP contribution in [0.25, 0.3) is 22.6 Å². The number of benzene rings is 2. The number of hydrogen-bond acceptors (Lipinski definition) is 1. The van der Waals surface area contributed by atoms with Crippen LogP contribution in [-0.4, -0.2) is 18.7 Å². The van der Waals surface area contributed by atoms with E-state index in [1.165, 1.54) is 58.3 Å². The molecule has 0 radical (unpaired) electrons. The van der Waals surface area contributed by atoms with E-state index in [1.54, 1.807) is 5.56 Å². The predicted octanol–water partition coefficient (Wildman–Crippen LogP) is 2.61. The SMILES string of the molecule is CC1=c2ccccc2=CB(c2cc(C3CCCC3)c3ccccc3[n+]2C)N1C. The number of hydrogen-bond donors (Lipinski definition) is 0. The summed E-state index contributed by atoms with van der Waals surface area (Å²) in [5, 5.41) is 4.12. The van der Waals surface area contributed by atoms with Crippen molar-refractivity contribution in [3.63, 3.8) is 0 Å². The van der Waals surface area contributed by atoms with Crippen molar-refractivity contribution in [2.24, 2.45) is 7.05 Å². The normalized spacial score (nSPS) is 17.2. The fourth-order valence-electron chi connectivity index (χ4n) is 5.28. The Kier molecular flexibility index (Phi) is 4.27. The van der Waals surface area contributed by atoms with Crippen molar-refractivity contribution in [3.8, 4) is 0 Å². The predicted molar refractivity (Wildman–Crippen MR) is 119 cm³/mol. The molecule has 0 amide bonds. The first-order valence-electron chi connectivity index (χ1n) is 10.6. The van der Waals surface area contributed by atoms with Crippen LogP contribution in [0.2, 0.25) is 0 Å². The van der Waals surface area contributed by atoms with E-state index in [2.05, 4.69) is 91.0 Å². The number of pyridine rings is 1. The summed E-state index contributed by atoms with van der Waals surface area (Å²) in [5.74, 6) is 3.14. The third kappa shape index (κ3) is 2.68. The summed E-state index contributed by atoms with van der Waals surface area (Å²) in [6.07, 6.45) is 5.39. The van der Waals surface area contributed by atoms with Crippen molar-refractivity contribution in [1.82, 2.24) is 4.81 Å². The highest BCUT2D eigenvalue weighted by atomic mass is 15.1. The molecule has 3 heteroatoms. The second-order valence-corrected chi connectivity index (χ2v) is 8.48. The van der Waals surface area contributed by atoms with E-state index < -0.39 is 0 Å². The lowest BCUT2D eigenvalue weighted by Crippen LogP contribution is -2.62. The zero-order valence-corrected chi connectivity index (χ0v) is 17.2. The number of fused-ring (bicyclic) bond motifs is 2. The molecule has 1 aliphatic heterocycles. The summed E-state index contributed by atoms with van der Waals surface area (Å²) in [6, 6.07) is 20.2. The fraction of sp³-hybridized carbons (Fsp3) is 0.320. The summed E-state index contributed by atoms with van der Waals surface area (Å²) in [7, 11) is 4.46. The van der Waals surface area contributed by atoms with Crippen molar-refractivity contribution in [3.05, 3.63) is 70.6 Å². The van der Waals surface area contributed by atoms with Crippen LogP contribution < -0.4 is 20.6 Å². The summed E-state index contributed by atoms with van der Waals surface area (Å²) in [5.41, 5.74) is 5.63. The highest BCUT2D eigenvalue weighted by Gasteiger charge is 2.34. The molecule has 3 aromatic rings. The maximum Gasteiger partial charge on any atom is 0.396 e. The minimum absolute atomic E-state index is 0.254. The minimum Gasteiger partial charge on any atom is -0.408 e. The molecule has 28 heavy (non-hydrogen) atoms. The van der Waals surface area contributed by atoms with Gasteiger partial charge in [-0.15, -0.1) is 0 Å². The van der Waals surface area contributed by atoms with Gasteiger partial charge in [0.1, 0.15) is 7.05 Å². The molecular weight excluding hydrogens is 339 g/mol. The zero-order valence-electron chi connectivity index (χ0n) is 17.2. The van der Waals surface area contributed by atoms with Crippen LogP contribution in [0.4, 0.5) is 0 Å². The number of aryl methyl sites for hydroxylation is 1. The second-order valence-electron chi connectivity index (χ2n) is 8.48. The molecule has 0 atom stereocenters. The summed E-state index contributed by atoms with van der Waals surface area (Å²) < 4.78 is 2.41. The molecule has 0 saturated heterocycles. The van der Waals surface area contributed by atoms with Gasteiger partial charge in [-0.2, -0.15) is 0 Å². The van der Waals surface area contributed by atoms with E-state index in [0.717, 1.165) is 0 Å². The summed E-state index contributed by atoms with van der Waals surface area (Å²) in [4.78, 5) is 2.44. The van der Waals surface area contributed by atoms with Crippen LogP contribution in [-0.2, 0) is 7.05 Å². The molecule has 1 fully saturated rings. The Morgan fingerprint density at radius 2 is 1.71 bits per heavy atom. The van der Waals surface area contributed by atoms with Gasteiger partial charge in [0.15, 0.2) is 5.59 Å². The Bertz CT molecular complexity index is 1170. The minimum atomic E-state index is 0.254. The number of nitrogens with zero attached hydrogens (tertiary/aromatic N) is 2. The molecule has 2 aromatic carbocycles. The third-order valence-electron chi connectivity index (χ3n) is 7.00. The summed E-state index contributed by atoms with van der Waals surface area (Å²) in [6.45, 7) is 2.50. The van der Waals surface area contributed by atoms with Crippen LogP contribution in [0, 0.1) is 0 Å². The smallest absolute Gasteiger partial charge is 0.396 e. The topological polar surface area (TPSA) is 7.12 Å². The number of rotatable bonds is 2. The first kappa shape index (κ1) is 17.5. The highest BCUT2D eigenvalue weighted by Crippen LogP contribution is 2.36. The van der Waals surface area contributed by atoms with Gasteiger partial charge in [0.2, 0.25) is 5.52 Å². The van der Waals surface area contributed by atoms with Crippen molar-refractivity contribution < 1.29 is 4.57 Å². The molecule has 0 spiro atoms. The second kappa shape index (κ2) is 6.81. The first-order chi connectivity index (χ1) is 13.6. The fourth-order valence-corrected chi connectivity index (χ4v) is 5.28. The van der Waals surface area contributed by atoms with E-state index in [4.69, 9.17) is 0 Å². The van der Waals surface area contributed by atoms with E-state index in [-0.39, 0.29) is 6.85 Å². The van der Waals surface area contributed by atoms with E-state index in [1.807, 2.05) is 0 Å². The third-order valence-corrected chi connectivity index (χ3v) is 7.00. The quantitative estimate of drug-likeness (QED) is 0.499. The Labute approximate surface area is 167 Å². The number of para-hydroxylation sites is 1. The molecule has 5 rings (SSSR count). The van der Waals surface area contributed by atoms with Crippen LogP contribution in [0.3, 0.4) is 0 Å². The summed E-state index contributed by atoms with van der Waals surface area (Å²) >= 11 is 0. The van der Waals surface area contributed by atoms with Crippen LogP contribution in [0.15, 0.2) is 54.6 Å². The van der Waals surface area contributed by atoms with Crippen molar-refractivity contribution >= 4 is 35.0 Å². The molecule has 1 saturated carbocycles. The van der Waals surface area contributed by atoms with E-state index in [0.29, 0.717) is 5.92 Å². The first-order valence-corrected chi connectivity index (χ1v) is 10.6. The maximum absolute atomic E-state index is 2.51. The molecule has 2 nitrogen and oxygen atoms in total. The molecule has 1 aliphatic carbocycles. The van der Waals surface area contributed by atoms with Crippen molar-refractivity contribution in [1.29, 1.82) is 0 Å². The molecule has 2 heterocycles. The molecule has 0 bridgehead atoms. The van der Waals surface area contributed by atoms with E-state index >= 15 is 0 Å². The van der Waals surface area contributed by atoms with E-state index in [9.17, 15) is 0 Å². The molecule has 0 N–H and O–H groups in total. The largest absolute Gasteiger partial charge is 0.408 e. The Morgan fingerprint density at radius 3 is 2.54 bits per heavy atom. The van der Waals surface area contributed by atoms with Gasteiger partial charge >= 0.3 is 6.85 Å². The molecule has 140 valence electrons.